The van der Waals surface area contributed by atoms with Crippen molar-refractivity contribution in [2.75, 3.05) is 11.1 Å². The summed E-state index contributed by atoms with van der Waals surface area (Å²) in [7, 11) is 0. The molecule has 0 unspecified atom stereocenters. The number of nitrogen functional groups attached to an aromatic ring is 1. The molecule has 0 spiro atoms. The van der Waals surface area contributed by atoms with Gasteiger partial charge in [0.15, 0.2) is 0 Å². The summed E-state index contributed by atoms with van der Waals surface area (Å²) in [6.07, 6.45) is 0. The number of aryl methyl sites for hydroxylation is 2. The van der Waals surface area contributed by atoms with Gasteiger partial charge in [0, 0.05) is 16.8 Å². The second-order valence-electron chi connectivity index (χ2n) is 4.18. The van der Waals surface area contributed by atoms with E-state index in [9.17, 15) is 4.79 Å². The molecule has 2 rings (SSSR count). The Hall–Kier alpha value is -1.88. The van der Waals surface area contributed by atoms with Gasteiger partial charge in [0.1, 0.15) is 5.69 Å². The zero-order chi connectivity index (χ0) is 13.3. The maximum atomic E-state index is 12.0. The fourth-order valence-corrected chi connectivity index (χ4v) is 2.29. The third-order valence-electron chi connectivity index (χ3n) is 2.81. The van der Waals surface area contributed by atoms with Gasteiger partial charge in [0.05, 0.1) is 5.01 Å². The van der Waals surface area contributed by atoms with Crippen molar-refractivity contribution < 1.29 is 4.79 Å². The van der Waals surface area contributed by atoms with Crippen molar-refractivity contribution in [3.8, 4) is 0 Å². The van der Waals surface area contributed by atoms with Crippen molar-refractivity contribution in [1.29, 1.82) is 0 Å². The molecule has 0 saturated carbocycles. The van der Waals surface area contributed by atoms with Crippen molar-refractivity contribution >= 4 is 28.6 Å². The summed E-state index contributed by atoms with van der Waals surface area (Å²) in [6.45, 7) is 5.71. The van der Waals surface area contributed by atoms with Gasteiger partial charge >= 0.3 is 0 Å². The quantitative estimate of drug-likeness (QED) is 0.817. The van der Waals surface area contributed by atoms with Crippen LogP contribution in [0.5, 0.6) is 0 Å². The van der Waals surface area contributed by atoms with Crippen molar-refractivity contribution in [2.24, 2.45) is 0 Å². The number of hydrogen-bond donors (Lipinski definition) is 2. The van der Waals surface area contributed by atoms with Crippen LogP contribution in [0, 0.1) is 20.8 Å². The fraction of sp³-hybridized carbons (Fsp3) is 0.231. The lowest BCUT2D eigenvalue weighted by molar-refractivity contribution is 0.102. The molecule has 0 saturated heterocycles. The van der Waals surface area contributed by atoms with Crippen LogP contribution in [-0.2, 0) is 0 Å². The van der Waals surface area contributed by atoms with E-state index in [-0.39, 0.29) is 5.91 Å². The van der Waals surface area contributed by atoms with Gasteiger partial charge in [-0.15, -0.1) is 11.3 Å². The first-order chi connectivity index (χ1) is 8.49. The number of nitrogens with one attached hydrogen (secondary N) is 1. The average molecular weight is 261 g/mol. The van der Waals surface area contributed by atoms with Crippen molar-refractivity contribution in [1.82, 2.24) is 4.98 Å². The number of nitrogens with zero attached hydrogens (tertiary/aromatic N) is 1. The first kappa shape index (κ1) is 12.6. The van der Waals surface area contributed by atoms with Gasteiger partial charge in [-0.25, -0.2) is 4.98 Å². The fourth-order valence-electron chi connectivity index (χ4n) is 1.70. The summed E-state index contributed by atoms with van der Waals surface area (Å²) in [4.78, 5) is 16.2. The average Bonchev–Trinajstić information content (AvgIpc) is 2.76. The number of aromatic nitrogens is 1. The number of thiazole rings is 1. The first-order valence-corrected chi connectivity index (χ1v) is 6.46. The number of rotatable bonds is 2. The van der Waals surface area contributed by atoms with Crippen LogP contribution in [0.2, 0.25) is 0 Å². The molecule has 1 amide bonds. The van der Waals surface area contributed by atoms with Crippen LogP contribution in [0.3, 0.4) is 0 Å². The highest BCUT2D eigenvalue weighted by atomic mass is 32.1. The van der Waals surface area contributed by atoms with Crippen molar-refractivity contribution in [3.05, 3.63) is 39.3 Å². The topological polar surface area (TPSA) is 68.0 Å². The van der Waals surface area contributed by atoms with Gasteiger partial charge < -0.3 is 11.1 Å². The van der Waals surface area contributed by atoms with Gasteiger partial charge in [0.25, 0.3) is 5.91 Å². The van der Waals surface area contributed by atoms with E-state index in [1.807, 2.05) is 32.9 Å². The molecule has 0 aliphatic carbocycles. The number of carbonyl (C=O) groups excluding carboxylic acids is 1. The molecule has 1 aromatic heterocycles. The summed E-state index contributed by atoms with van der Waals surface area (Å²) in [5.41, 5.74) is 9.60. The predicted molar refractivity (Wildman–Crippen MR) is 75.1 cm³/mol. The third-order valence-corrected chi connectivity index (χ3v) is 3.58. The maximum absolute atomic E-state index is 12.0. The van der Waals surface area contributed by atoms with Crippen LogP contribution >= 0.6 is 11.3 Å². The minimum Gasteiger partial charge on any atom is -0.398 e. The molecule has 0 atom stereocenters. The normalized spacial score (nSPS) is 10.4. The number of hydrogen-bond acceptors (Lipinski definition) is 4. The van der Waals surface area contributed by atoms with Crippen LogP contribution in [0.25, 0.3) is 0 Å². The highest BCUT2D eigenvalue weighted by Gasteiger charge is 2.13. The number of carbonyl (C=O) groups is 1. The Morgan fingerprint density at radius 1 is 1.33 bits per heavy atom. The highest BCUT2D eigenvalue weighted by Crippen LogP contribution is 2.25. The van der Waals surface area contributed by atoms with Crippen LogP contribution in [0.1, 0.15) is 26.6 Å². The molecule has 1 heterocycles. The Balaban J connectivity index is 2.30. The molecule has 3 N–H and O–H groups in total. The zero-order valence-corrected chi connectivity index (χ0v) is 11.4. The first-order valence-electron chi connectivity index (χ1n) is 5.58. The summed E-state index contributed by atoms with van der Waals surface area (Å²) >= 11 is 1.46. The van der Waals surface area contributed by atoms with Gasteiger partial charge in [-0.3, -0.25) is 4.79 Å². The molecule has 0 radical (unpaired) electrons. The lowest BCUT2D eigenvalue weighted by Crippen LogP contribution is -2.14. The molecule has 94 valence electrons. The van der Waals surface area contributed by atoms with E-state index in [2.05, 4.69) is 10.3 Å². The summed E-state index contributed by atoms with van der Waals surface area (Å²) in [5.74, 6) is -0.198. The number of benzene rings is 1. The summed E-state index contributed by atoms with van der Waals surface area (Å²) in [5, 5.41) is 5.50. The lowest BCUT2D eigenvalue weighted by Gasteiger charge is -2.12. The molecule has 1 aromatic carbocycles. The van der Waals surface area contributed by atoms with Crippen molar-refractivity contribution in [2.45, 2.75) is 20.8 Å². The minimum atomic E-state index is -0.198. The number of nitrogens with two attached hydrogens (primary N) is 1. The van der Waals surface area contributed by atoms with Crippen LogP contribution in [0.4, 0.5) is 11.4 Å². The molecule has 5 heteroatoms. The summed E-state index contributed by atoms with van der Waals surface area (Å²) in [6, 6.07) is 3.73. The molecule has 18 heavy (non-hydrogen) atoms. The highest BCUT2D eigenvalue weighted by molar-refractivity contribution is 7.09. The number of anilines is 2. The predicted octanol–water partition coefficient (Wildman–Crippen LogP) is 2.90. The monoisotopic (exact) mass is 261 g/mol. The van der Waals surface area contributed by atoms with E-state index in [1.54, 1.807) is 5.38 Å². The molecular weight excluding hydrogens is 246 g/mol. The van der Waals surface area contributed by atoms with E-state index in [0.717, 1.165) is 21.8 Å². The largest absolute Gasteiger partial charge is 0.398 e. The Kier molecular flexibility index (Phi) is 3.34. The Morgan fingerprint density at radius 2 is 2.06 bits per heavy atom. The van der Waals surface area contributed by atoms with Gasteiger partial charge in [0.2, 0.25) is 0 Å². The van der Waals surface area contributed by atoms with Crippen LogP contribution in [-0.4, -0.2) is 10.9 Å². The van der Waals surface area contributed by atoms with E-state index >= 15 is 0 Å². The Labute approximate surface area is 110 Å². The SMILES string of the molecule is Cc1nc(C(=O)Nc2c(C)ccc(N)c2C)cs1. The molecule has 0 aliphatic rings. The maximum Gasteiger partial charge on any atom is 0.275 e. The molecule has 0 bridgehead atoms. The molecule has 4 nitrogen and oxygen atoms in total. The Bertz CT molecular complexity index is 604. The van der Waals surface area contributed by atoms with E-state index in [0.29, 0.717) is 11.4 Å². The molecule has 2 aromatic rings. The molecule has 0 fully saturated rings. The Morgan fingerprint density at radius 3 is 2.67 bits per heavy atom. The minimum absolute atomic E-state index is 0.198. The molecule has 0 aliphatic heterocycles. The van der Waals surface area contributed by atoms with Crippen LogP contribution < -0.4 is 11.1 Å². The lowest BCUT2D eigenvalue weighted by atomic mass is 10.1. The number of amides is 1. The second kappa shape index (κ2) is 4.78. The van der Waals surface area contributed by atoms with Crippen LogP contribution in [0.15, 0.2) is 17.5 Å². The standard InChI is InChI=1S/C13H15N3OS/c1-7-4-5-10(14)8(2)12(7)16-13(17)11-6-18-9(3)15-11/h4-6H,14H2,1-3H3,(H,16,17). The van der Waals surface area contributed by atoms with Crippen molar-refractivity contribution in [3.63, 3.8) is 0 Å². The zero-order valence-electron chi connectivity index (χ0n) is 10.6. The smallest absolute Gasteiger partial charge is 0.275 e. The van der Waals surface area contributed by atoms with E-state index in [4.69, 9.17) is 5.73 Å². The second-order valence-corrected chi connectivity index (χ2v) is 5.24. The van der Waals surface area contributed by atoms with Gasteiger partial charge in [-0.1, -0.05) is 6.07 Å². The third kappa shape index (κ3) is 2.36. The van der Waals surface area contributed by atoms with Gasteiger partial charge in [-0.2, -0.15) is 0 Å². The van der Waals surface area contributed by atoms with E-state index in [1.165, 1.54) is 11.3 Å². The van der Waals surface area contributed by atoms with Gasteiger partial charge in [-0.05, 0) is 38.0 Å². The molecular formula is C13H15N3OS. The van der Waals surface area contributed by atoms with E-state index < -0.39 is 0 Å². The summed E-state index contributed by atoms with van der Waals surface area (Å²) < 4.78 is 0.